The minimum Gasteiger partial charge on any atom is -0.379 e. The van der Waals surface area contributed by atoms with E-state index in [9.17, 15) is 0 Å². The van der Waals surface area contributed by atoms with Crippen molar-refractivity contribution < 1.29 is 4.74 Å². The average molecular weight is 223 g/mol. The lowest BCUT2D eigenvalue weighted by molar-refractivity contribution is 0.0286. The molecule has 2 fully saturated rings. The van der Waals surface area contributed by atoms with Gasteiger partial charge in [-0.1, -0.05) is 31.4 Å². The monoisotopic (exact) mass is 223 g/mol. The summed E-state index contributed by atoms with van der Waals surface area (Å²) in [7, 11) is 0. The van der Waals surface area contributed by atoms with Crippen LogP contribution in [-0.4, -0.2) is 37.2 Å². The van der Waals surface area contributed by atoms with E-state index in [4.69, 9.17) is 4.74 Å². The van der Waals surface area contributed by atoms with Crippen LogP contribution in [-0.2, 0) is 4.74 Å². The van der Waals surface area contributed by atoms with Crippen LogP contribution in [0.4, 0.5) is 0 Å². The summed E-state index contributed by atoms with van der Waals surface area (Å²) < 4.78 is 5.38. The zero-order chi connectivity index (χ0) is 11.2. The van der Waals surface area contributed by atoms with Gasteiger partial charge in [-0.2, -0.15) is 0 Å². The number of ether oxygens (including phenoxy) is 1. The van der Waals surface area contributed by atoms with Gasteiger partial charge in [-0.25, -0.2) is 0 Å². The third-order valence-electron chi connectivity index (χ3n) is 3.93. The molecule has 1 aliphatic carbocycles. The van der Waals surface area contributed by atoms with E-state index in [1.54, 1.807) is 0 Å². The van der Waals surface area contributed by atoms with Crippen molar-refractivity contribution >= 4 is 0 Å². The van der Waals surface area contributed by atoms with Gasteiger partial charge in [0.05, 0.1) is 13.2 Å². The maximum atomic E-state index is 5.38. The van der Waals surface area contributed by atoms with Crippen LogP contribution in [0.2, 0.25) is 0 Å². The van der Waals surface area contributed by atoms with Crippen LogP contribution in [0, 0.1) is 5.92 Å². The molecule has 16 heavy (non-hydrogen) atoms. The van der Waals surface area contributed by atoms with Crippen molar-refractivity contribution in [3.05, 3.63) is 12.2 Å². The first-order valence-electron chi connectivity index (χ1n) is 6.86. The van der Waals surface area contributed by atoms with Crippen LogP contribution >= 0.6 is 0 Å². The first-order chi connectivity index (χ1) is 7.86. The molecule has 0 amide bonds. The molecule has 2 nitrogen and oxygen atoms in total. The SMILES string of the molecule is C[C@@H](/C=C/C1CCCCC1)N1CCOCC1. The summed E-state index contributed by atoms with van der Waals surface area (Å²) in [5, 5.41) is 0. The highest BCUT2D eigenvalue weighted by molar-refractivity contribution is 4.96. The predicted molar refractivity (Wildman–Crippen MR) is 67.6 cm³/mol. The van der Waals surface area contributed by atoms with E-state index in [0.29, 0.717) is 6.04 Å². The molecule has 2 rings (SSSR count). The smallest absolute Gasteiger partial charge is 0.0594 e. The molecule has 1 atom stereocenters. The number of rotatable bonds is 3. The van der Waals surface area contributed by atoms with Gasteiger partial charge in [0, 0.05) is 19.1 Å². The van der Waals surface area contributed by atoms with E-state index in [1.165, 1.54) is 32.1 Å². The van der Waals surface area contributed by atoms with Crippen LogP contribution in [0.5, 0.6) is 0 Å². The number of morpholine rings is 1. The third kappa shape index (κ3) is 3.60. The number of hydrogen-bond acceptors (Lipinski definition) is 2. The van der Waals surface area contributed by atoms with Gasteiger partial charge in [-0.05, 0) is 25.7 Å². The molecule has 0 unspecified atom stereocenters. The van der Waals surface area contributed by atoms with Crippen LogP contribution in [0.15, 0.2) is 12.2 Å². The van der Waals surface area contributed by atoms with Crippen molar-refractivity contribution in [3.8, 4) is 0 Å². The molecule has 0 radical (unpaired) electrons. The summed E-state index contributed by atoms with van der Waals surface area (Å²) in [5.41, 5.74) is 0. The van der Waals surface area contributed by atoms with Crippen molar-refractivity contribution in [2.24, 2.45) is 5.92 Å². The van der Waals surface area contributed by atoms with Crippen molar-refractivity contribution in [1.82, 2.24) is 4.90 Å². The topological polar surface area (TPSA) is 12.5 Å². The fourth-order valence-electron chi connectivity index (χ4n) is 2.75. The normalized spacial score (nSPS) is 27.3. The van der Waals surface area contributed by atoms with Gasteiger partial charge in [-0.3, -0.25) is 4.90 Å². The van der Waals surface area contributed by atoms with Gasteiger partial charge in [0.1, 0.15) is 0 Å². The summed E-state index contributed by atoms with van der Waals surface area (Å²) in [6, 6.07) is 0.589. The Kier molecular flexibility index (Phi) is 4.86. The second kappa shape index (κ2) is 6.41. The Morgan fingerprint density at radius 2 is 1.81 bits per heavy atom. The number of nitrogens with zero attached hydrogens (tertiary/aromatic N) is 1. The van der Waals surface area contributed by atoms with Crippen molar-refractivity contribution in [3.63, 3.8) is 0 Å². The standard InChI is InChI=1S/C14H25NO/c1-13(15-9-11-16-12-10-15)7-8-14-5-3-2-4-6-14/h7-8,13-14H,2-6,9-12H2,1H3/b8-7+/t13-/m0/s1. The van der Waals surface area contributed by atoms with Crippen molar-refractivity contribution in [2.45, 2.75) is 45.1 Å². The fraction of sp³-hybridized carbons (Fsp3) is 0.857. The highest BCUT2D eigenvalue weighted by Crippen LogP contribution is 2.24. The molecule has 0 spiro atoms. The Hall–Kier alpha value is -0.340. The first kappa shape index (κ1) is 12.1. The Labute approximate surface area is 99.7 Å². The van der Waals surface area contributed by atoms with Gasteiger partial charge in [0.15, 0.2) is 0 Å². The Balaban J connectivity index is 1.75. The molecule has 2 heteroatoms. The van der Waals surface area contributed by atoms with E-state index in [0.717, 1.165) is 32.2 Å². The third-order valence-corrected chi connectivity index (χ3v) is 3.93. The lowest BCUT2D eigenvalue weighted by atomic mass is 9.89. The Morgan fingerprint density at radius 3 is 2.50 bits per heavy atom. The van der Waals surface area contributed by atoms with Gasteiger partial charge >= 0.3 is 0 Å². The highest BCUT2D eigenvalue weighted by Gasteiger charge is 2.15. The second-order valence-corrected chi connectivity index (χ2v) is 5.17. The van der Waals surface area contributed by atoms with Gasteiger partial charge in [-0.15, -0.1) is 0 Å². The summed E-state index contributed by atoms with van der Waals surface area (Å²) in [6.45, 7) is 6.31. The molecule has 92 valence electrons. The zero-order valence-electron chi connectivity index (χ0n) is 10.5. The van der Waals surface area contributed by atoms with Crippen LogP contribution in [0.1, 0.15) is 39.0 Å². The summed E-state index contributed by atoms with van der Waals surface area (Å²) in [4.78, 5) is 2.52. The predicted octanol–water partition coefficient (Wildman–Crippen LogP) is 2.84. The van der Waals surface area contributed by atoms with Crippen molar-refractivity contribution in [1.29, 1.82) is 0 Å². The van der Waals surface area contributed by atoms with Gasteiger partial charge in [0.25, 0.3) is 0 Å². The van der Waals surface area contributed by atoms with E-state index >= 15 is 0 Å². The molecule has 0 aromatic carbocycles. The maximum Gasteiger partial charge on any atom is 0.0594 e. The molecule has 1 heterocycles. The van der Waals surface area contributed by atoms with E-state index in [-0.39, 0.29) is 0 Å². The minimum absolute atomic E-state index is 0.589. The fourth-order valence-corrected chi connectivity index (χ4v) is 2.75. The van der Waals surface area contributed by atoms with Crippen LogP contribution < -0.4 is 0 Å². The second-order valence-electron chi connectivity index (χ2n) is 5.17. The lowest BCUT2D eigenvalue weighted by Crippen LogP contribution is -2.41. The first-order valence-corrected chi connectivity index (χ1v) is 6.86. The number of hydrogen-bond donors (Lipinski definition) is 0. The maximum absolute atomic E-state index is 5.38. The van der Waals surface area contributed by atoms with E-state index in [2.05, 4.69) is 24.0 Å². The van der Waals surface area contributed by atoms with Gasteiger partial charge in [0.2, 0.25) is 0 Å². The largest absolute Gasteiger partial charge is 0.379 e. The molecule has 1 saturated carbocycles. The molecule has 0 aromatic rings. The average Bonchev–Trinajstić information content (AvgIpc) is 2.38. The zero-order valence-corrected chi connectivity index (χ0v) is 10.5. The molecule has 1 saturated heterocycles. The summed E-state index contributed by atoms with van der Waals surface area (Å²) in [6.07, 6.45) is 12.0. The Morgan fingerprint density at radius 1 is 1.12 bits per heavy atom. The molecule has 0 aromatic heterocycles. The van der Waals surface area contributed by atoms with Gasteiger partial charge < -0.3 is 4.74 Å². The van der Waals surface area contributed by atoms with E-state index in [1.807, 2.05) is 0 Å². The number of allylic oxidation sites excluding steroid dienone is 1. The molecular formula is C14H25NO. The molecular weight excluding hydrogens is 198 g/mol. The minimum atomic E-state index is 0.589. The summed E-state index contributed by atoms with van der Waals surface area (Å²) in [5.74, 6) is 0.859. The van der Waals surface area contributed by atoms with Crippen LogP contribution in [0.3, 0.4) is 0 Å². The molecule has 0 N–H and O–H groups in total. The highest BCUT2D eigenvalue weighted by atomic mass is 16.5. The van der Waals surface area contributed by atoms with Crippen LogP contribution in [0.25, 0.3) is 0 Å². The lowest BCUT2D eigenvalue weighted by Gasteiger charge is -2.31. The Bertz CT molecular complexity index is 215. The molecule has 2 aliphatic rings. The van der Waals surface area contributed by atoms with Crippen molar-refractivity contribution in [2.75, 3.05) is 26.3 Å². The quantitative estimate of drug-likeness (QED) is 0.682. The molecule has 1 aliphatic heterocycles. The summed E-state index contributed by atoms with van der Waals surface area (Å²) >= 11 is 0. The van der Waals surface area contributed by atoms with E-state index < -0.39 is 0 Å². The molecule has 0 bridgehead atoms.